The number of hydrogen-bond acceptors (Lipinski definition) is 5. The van der Waals surface area contributed by atoms with Gasteiger partial charge in [-0.25, -0.2) is 0 Å². The van der Waals surface area contributed by atoms with Gasteiger partial charge in [0.25, 0.3) is 5.91 Å². The third kappa shape index (κ3) is 3.74. The molecule has 106 valence electrons. The zero-order valence-electron chi connectivity index (χ0n) is 11.4. The van der Waals surface area contributed by atoms with Gasteiger partial charge in [0.1, 0.15) is 18.1 Å². The number of nitrogens with zero attached hydrogens (tertiary/aromatic N) is 1. The maximum atomic E-state index is 11.6. The van der Waals surface area contributed by atoms with Crippen LogP contribution in [0.3, 0.4) is 0 Å². The van der Waals surface area contributed by atoms with Crippen LogP contribution in [-0.4, -0.2) is 31.3 Å². The lowest BCUT2D eigenvalue weighted by atomic mass is 10.3. The first kappa shape index (κ1) is 13.9. The molecule has 0 aliphatic carbocycles. The SMILES string of the molecule is COc1ccc(OCCNC(=O)c2cc(C)no2)cc1. The van der Waals surface area contributed by atoms with E-state index in [2.05, 4.69) is 10.5 Å². The van der Waals surface area contributed by atoms with Crippen molar-refractivity contribution in [1.29, 1.82) is 0 Å². The van der Waals surface area contributed by atoms with E-state index in [4.69, 9.17) is 14.0 Å². The Morgan fingerprint density at radius 1 is 1.30 bits per heavy atom. The molecule has 0 aliphatic heterocycles. The van der Waals surface area contributed by atoms with Crippen molar-refractivity contribution in [2.24, 2.45) is 0 Å². The molecule has 0 spiro atoms. The van der Waals surface area contributed by atoms with Crippen molar-refractivity contribution in [1.82, 2.24) is 10.5 Å². The van der Waals surface area contributed by atoms with E-state index < -0.39 is 0 Å². The van der Waals surface area contributed by atoms with Crippen molar-refractivity contribution in [2.75, 3.05) is 20.3 Å². The summed E-state index contributed by atoms with van der Waals surface area (Å²) in [5, 5.41) is 6.33. The summed E-state index contributed by atoms with van der Waals surface area (Å²) in [6.45, 7) is 2.50. The van der Waals surface area contributed by atoms with Gasteiger partial charge in [-0.2, -0.15) is 0 Å². The fourth-order valence-electron chi connectivity index (χ4n) is 1.56. The lowest BCUT2D eigenvalue weighted by Crippen LogP contribution is -2.27. The van der Waals surface area contributed by atoms with E-state index in [-0.39, 0.29) is 11.7 Å². The number of rotatable bonds is 6. The highest BCUT2D eigenvalue weighted by Crippen LogP contribution is 2.16. The number of aromatic nitrogens is 1. The van der Waals surface area contributed by atoms with E-state index in [0.717, 1.165) is 11.5 Å². The summed E-state index contributed by atoms with van der Waals surface area (Å²) in [6, 6.07) is 8.82. The number of carbonyl (C=O) groups excluding carboxylic acids is 1. The van der Waals surface area contributed by atoms with Crippen molar-refractivity contribution in [3.8, 4) is 11.5 Å². The van der Waals surface area contributed by atoms with Crippen LogP contribution in [0, 0.1) is 6.92 Å². The second-order valence-corrected chi connectivity index (χ2v) is 4.11. The van der Waals surface area contributed by atoms with E-state index in [9.17, 15) is 4.79 Å². The highest BCUT2D eigenvalue weighted by Gasteiger charge is 2.10. The van der Waals surface area contributed by atoms with Gasteiger partial charge in [0.2, 0.25) is 5.76 Å². The summed E-state index contributed by atoms with van der Waals surface area (Å²) < 4.78 is 15.4. The third-order valence-corrected chi connectivity index (χ3v) is 2.57. The quantitative estimate of drug-likeness (QED) is 0.814. The van der Waals surface area contributed by atoms with E-state index in [0.29, 0.717) is 18.8 Å². The van der Waals surface area contributed by atoms with Crippen LogP contribution in [0.15, 0.2) is 34.9 Å². The smallest absolute Gasteiger partial charge is 0.290 e. The number of ether oxygens (including phenoxy) is 2. The Kier molecular flexibility index (Phi) is 4.60. The zero-order chi connectivity index (χ0) is 14.4. The molecule has 20 heavy (non-hydrogen) atoms. The minimum absolute atomic E-state index is 0.201. The van der Waals surface area contributed by atoms with Crippen molar-refractivity contribution in [3.05, 3.63) is 41.8 Å². The molecule has 6 heteroatoms. The number of amides is 1. The first-order valence-electron chi connectivity index (χ1n) is 6.17. The fraction of sp³-hybridized carbons (Fsp3) is 0.286. The normalized spacial score (nSPS) is 10.1. The van der Waals surface area contributed by atoms with Crippen molar-refractivity contribution < 1.29 is 18.8 Å². The molecule has 2 aromatic rings. The van der Waals surface area contributed by atoms with Crippen LogP contribution in [-0.2, 0) is 0 Å². The standard InChI is InChI=1S/C14H16N2O4/c1-10-9-13(20-16-10)14(17)15-7-8-19-12-5-3-11(18-2)4-6-12/h3-6,9H,7-8H2,1-2H3,(H,15,17). The predicted octanol–water partition coefficient (Wildman–Crippen LogP) is 1.80. The molecule has 6 nitrogen and oxygen atoms in total. The second kappa shape index (κ2) is 6.60. The first-order valence-corrected chi connectivity index (χ1v) is 6.17. The number of methoxy groups -OCH3 is 1. The van der Waals surface area contributed by atoms with Crippen molar-refractivity contribution in [3.63, 3.8) is 0 Å². The highest BCUT2D eigenvalue weighted by atomic mass is 16.5. The van der Waals surface area contributed by atoms with Crippen LogP contribution < -0.4 is 14.8 Å². The van der Waals surface area contributed by atoms with E-state index in [1.54, 1.807) is 32.2 Å². The van der Waals surface area contributed by atoms with Crippen LogP contribution in [0.4, 0.5) is 0 Å². The van der Waals surface area contributed by atoms with Crippen LogP contribution in [0.5, 0.6) is 11.5 Å². The molecule has 1 aromatic carbocycles. The van der Waals surface area contributed by atoms with E-state index >= 15 is 0 Å². The van der Waals surface area contributed by atoms with Gasteiger partial charge in [-0.15, -0.1) is 0 Å². The van der Waals surface area contributed by atoms with Gasteiger partial charge in [-0.3, -0.25) is 4.79 Å². The molecule has 0 radical (unpaired) electrons. The minimum Gasteiger partial charge on any atom is -0.497 e. The fourth-order valence-corrected chi connectivity index (χ4v) is 1.56. The number of nitrogens with one attached hydrogen (secondary N) is 1. The maximum absolute atomic E-state index is 11.6. The Hall–Kier alpha value is -2.50. The molecule has 1 heterocycles. The van der Waals surface area contributed by atoms with Gasteiger partial charge in [-0.05, 0) is 31.2 Å². The largest absolute Gasteiger partial charge is 0.497 e. The molecule has 2 rings (SSSR count). The van der Waals surface area contributed by atoms with Gasteiger partial charge >= 0.3 is 0 Å². The summed E-state index contributed by atoms with van der Waals surface area (Å²) in [5.41, 5.74) is 0.671. The monoisotopic (exact) mass is 276 g/mol. The second-order valence-electron chi connectivity index (χ2n) is 4.11. The first-order chi connectivity index (χ1) is 9.69. The molecule has 0 aliphatic rings. The molecule has 1 N–H and O–H groups in total. The van der Waals surface area contributed by atoms with Crippen molar-refractivity contribution >= 4 is 5.91 Å². The summed E-state index contributed by atoms with van der Waals surface area (Å²) >= 11 is 0. The molecule has 0 atom stereocenters. The molecule has 0 saturated carbocycles. The Bertz CT molecular complexity index is 563. The van der Waals surface area contributed by atoms with Gasteiger partial charge in [0.15, 0.2) is 0 Å². The lowest BCUT2D eigenvalue weighted by molar-refractivity contribution is 0.0910. The Labute approximate surface area is 116 Å². The predicted molar refractivity (Wildman–Crippen MR) is 72.1 cm³/mol. The average molecular weight is 276 g/mol. The number of hydrogen-bond donors (Lipinski definition) is 1. The third-order valence-electron chi connectivity index (χ3n) is 2.57. The van der Waals surface area contributed by atoms with Gasteiger partial charge in [-0.1, -0.05) is 5.16 Å². The highest BCUT2D eigenvalue weighted by molar-refractivity contribution is 5.91. The van der Waals surface area contributed by atoms with Crippen molar-refractivity contribution in [2.45, 2.75) is 6.92 Å². The average Bonchev–Trinajstić information content (AvgIpc) is 2.91. The maximum Gasteiger partial charge on any atom is 0.290 e. The van der Waals surface area contributed by atoms with Gasteiger partial charge in [0.05, 0.1) is 19.3 Å². The Balaban J connectivity index is 1.72. The minimum atomic E-state index is -0.302. The summed E-state index contributed by atoms with van der Waals surface area (Å²) in [6.07, 6.45) is 0. The van der Waals surface area contributed by atoms with Crippen LogP contribution in [0.25, 0.3) is 0 Å². The molecule has 0 saturated heterocycles. The number of carbonyl (C=O) groups is 1. The molecule has 1 amide bonds. The molecule has 1 aromatic heterocycles. The van der Waals surface area contributed by atoms with Gasteiger partial charge in [0, 0.05) is 6.07 Å². The summed E-state index contributed by atoms with van der Waals surface area (Å²) in [5.74, 6) is 1.39. The van der Waals surface area contributed by atoms with Gasteiger partial charge < -0.3 is 19.3 Å². The van der Waals surface area contributed by atoms with Crippen LogP contribution in [0.1, 0.15) is 16.2 Å². The molecular weight excluding hydrogens is 260 g/mol. The summed E-state index contributed by atoms with van der Waals surface area (Å²) in [7, 11) is 1.61. The Morgan fingerprint density at radius 2 is 2.00 bits per heavy atom. The molecule has 0 fully saturated rings. The number of benzene rings is 1. The lowest BCUT2D eigenvalue weighted by Gasteiger charge is -2.07. The van der Waals surface area contributed by atoms with Crippen LogP contribution >= 0.6 is 0 Å². The number of aryl methyl sites for hydroxylation is 1. The molecule has 0 unspecified atom stereocenters. The topological polar surface area (TPSA) is 73.6 Å². The Morgan fingerprint density at radius 3 is 2.60 bits per heavy atom. The van der Waals surface area contributed by atoms with E-state index in [1.807, 2.05) is 12.1 Å². The molecular formula is C14H16N2O4. The van der Waals surface area contributed by atoms with E-state index in [1.165, 1.54) is 0 Å². The molecule has 0 bridgehead atoms. The summed E-state index contributed by atoms with van der Waals surface area (Å²) in [4.78, 5) is 11.6. The zero-order valence-corrected chi connectivity index (χ0v) is 11.4. The van der Waals surface area contributed by atoms with Crippen LogP contribution in [0.2, 0.25) is 0 Å².